The second-order valence-corrected chi connectivity index (χ2v) is 3.32. The van der Waals surface area contributed by atoms with Crippen molar-refractivity contribution < 1.29 is 0 Å². The first-order valence-electron chi connectivity index (χ1n) is 2.34. The van der Waals surface area contributed by atoms with Gasteiger partial charge in [-0.05, 0) is 0 Å². The van der Waals surface area contributed by atoms with E-state index in [0.717, 1.165) is 0 Å². The monoisotopic (exact) mass is 418 g/mol. The normalized spacial score (nSPS) is 4.73. The van der Waals surface area contributed by atoms with Gasteiger partial charge in [0.2, 0.25) is 0 Å². The van der Waals surface area contributed by atoms with Crippen LogP contribution in [0.1, 0.15) is 0 Å². The van der Waals surface area contributed by atoms with Crippen molar-refractivity contribution in [3.8, 4) is 0 Å². The minimum absolute atomic E-state index is 0. The van der Waals surface area contributed by atoms with Crippen LogP contribution < -0.4 is 0 Å². The summed E-state index contributed by atoms with van der Waals surface area (Å²) < 4.78 is 2.35. The zero-order valence-electron chi connectivity index (χ0n) is 6.21. The van der Waals surface area contributed by atoms with E-state index in [1.54, 1.807) is 45.0 Å². The average Bonchev–Trinajstić information content (AvgIpc) is 1.88. The maximum atomic E-state index is 3.50. The van der Waals surface area contributed by atoms with Crippen molar-refractivity contribution in [1.29, 1.82) is 0 Å². The van der Waals surface area contributed by atoms with E-state index in [-0.39, 0.29) is 40.5 Å². The second kappa shape index (κ2) is 40.0. The number of hydrogen-bond donors (Lipinski definition) is 0. The van der Waals surface area contributed by atoms with Crippen molar-refractivity contribution in [2.24, 2.45) is 0 Å². The molecule has 0 aliphatic heterocycles. The SMILES string of the molecule is C=C[CH2][Sn+3].C=C[CH2][Sn+3].[S-2].[S-2].[S-2]. The fraction of sp³-hybridized carbons (Fsp3) is 0.333. The molecule has 0 aliphatic carbocycles. The molecule has 0 bridgehead atoms. The molecule has 0 rings (SSSR count). The molecule has 0 heterocycles. The largest absolute Gasteiger partial charge is 2.00 e. The molecular weight excluding hydrogens is 406 g/mol. The molecule has 0 saturated carbocycles. The van der Waals surface area contributed by atoms with Gasteiger partial charge in [0.15, 0.2) is 0 Å². The molecule has 0 aromatic rings. The molecule has 0 fully saturated rings. The Morgan fingerprint density at radius 2 is 0.909 bits per heavy atom. The summed E-state index contributed by atoms with van der Waals surface area (Å²) in [5.41, 5.74) is 0. The van der Waals surface area contributed by atoms with E-state index in [1.807, 2.05) is 12.2 Å². The summed E-state index contributed by atoms with van der Waals surface area (Å²) in [6.07, 6.45) is 3.83. The molecule has 0 amide bonds. The molecule has 60 valence electrons. The van der Waals surface area contributed by atoms with Crippen LogP contribution in [0.3, 0.4) is 0 Å². The van der Waals surface area contributed by atoms with Crippen LogP contribution in [0.5, 0.6) is 0 Å². The Labute approximate surface area is 118 Å². The standard InChI is InChI=1S/2C3H5.3S.2Sn/c2*1-3-2;;;;;/h2*3H,1-2H2;;;;;/q;;3*-2;2*+3. The van der Waals surface area contributed by atoms with Gasteiger partial charge in [-0.15, -0.1) is 0 Å². The van der Waals surface area contributed by atoms with Crippen molar-refractivity contribution in [1.82, 2.24) is 0 Å². The first kappa shape index (κ1) is 29.2. The molecule has 0 N–H and O–H groups in total. The second-order valence-electron chi connectivity index (χ2n) is 0.986. The van der Waals surface area contributed by atoms with E-state index in [1.165, 1.54) is 8.87 Å². The Kier molecular flexibility index (Phi) is 106. The van der Waals surface area contributed by atoms with Gasteiger partial charge in [0.25, 0.3) is 0 Å². The molecule has 0 unspecified atom stereocenters. The molecule has 0 aromatic heterocycles. The zero-order valence-corrected chi connectivity index (χ0v) is 14.4. The fourth-order valence-electron chi connectivity index (χ4n) is 0. The Balaban J connectivity index is -0.0000000171. The topological polar surface area (TPSA) is 0 Å². The quantitative estimate of drug-likeness (QED) is 0.474. The summed E-state index contributed by atoms with van der Waals surface area (Å²) in [7, 11) is 0. The molecule has 0 aromatic carbocycles. The van der Waals surface area contributed by atoms with Crippen LogP contribution in [0.25, 0.3) is 0 Å². The number of allylic oxidation sites excluding steroid dienone is 2. The van der Waals surface area contributed by atoms with Gasteiger partial charge < -0.3 is 40.5 Å². The zero-order chi connectivity index (χ0) is 6.83. The van der Waals surface area contributed by atoms with E-state index in [2.05, 4.69) is 13.2 Å². The summed E-state index contributed by atoms with van der Waals surface area (Å²) >= 11 is 3.10. The van der Waals surface area contributed by atoms with Gasteiger partial charge >= 0.3 is 79.2 Å². The molecular formula is C6H10S3Sn2. The summed E-state index contributed by atoms with van der Waals surface area (Å²) in [5, 5.41) is 0. The van der Waals surface area contributed by atoms with E-state index >= 15 is 0 Å². The first-order valence-corrected chi connectivity index (χ1v) is 6.38. The Bertz CT molecular complexity index is 51.8. The van der Waals surface area contributed by atoms with Crippen LogP contribution in [0.2, 0.25) is 8.87 Å². The third-order valence-electron chi connectivity index (χ3n) is 0.289. The molecule has 0 saturated heterocycles. The van der Waals surface area contributed by atoms with Crippen LogP contribution in [0.4, 0.5) is 0 Å². The van der Waals surface area contributed by atoms with Gasteiger partial charge in [0.05, 0.1) is 0 Å². The Morgan fingerprint density at radius 3 is 0.909 bits per heavy atom. The van der Waals surface area contributed by atoms with Gasteiger partial charge in [-0.3, -0.25) is 0 Å². The van der Waals surface area contributed by atoms with Crippen molar-refractivity contribution >= 4 is 85.5 Å². The van der Waals surface area contributed by atoms with Gasteiger partial charge in [0.1, 0.15) is 0 Å². The summed E-state index contributed by atoms with van der Waals surface area (Å²) in [6, 6.07) is 0. The Morgan fingerprint density at radius 1 is 0.818 bits per heavy atom. The first-order chi connectivity index (χ1) is 3.83. The fourth-order valence-corrected chi connectivity index (χ4v) is 0. The maximum absolute atomic E-state index is 3.50. The summed E-state index contributed by atoms with van der Waals surface area (Å²) in [5.74, 6) is 0. The van der Waals surface area contributed by atoms with Crippen LogP contribution >= 0.6 is 0 Å². The van der Waals surface area contributed by atoms with Crippen molar-refractivity contribution in [3.05, 3.63) is 25.3 Å². The predicted molar refractivity (Wildman–Crippen MR) is 63.6 cm³/mol. The molecule has 5 heteroatoms. The molecule has 11 heavy (non-hydrogen) atoms. The van der Waals surface area contributed by atoms with Crippen LogP contribution in [0, 0.1) is 0 Å². The maximum Gasteiger partial charge on any atom is -2.00 e. The minimum Gasteiger partial charge on any atom is -2.00 e. The molecule has 0 radical (unpaired) electrons. The van der Waals surface area contributed by atoms with E-state index in [9.17, 15) is 0 Å². The molecule has 0 aliphatic rings. The van der Waals surface area contributed by atoms with Crippen molar-refractivity contribution in [2.75, 3.05) is 0 Å². The smallest absolute Gasteiger partial charge is 2.00 e. The van der Waals surface area contributed by atoms with Gasteiger partial charge in [-0.2, -0.15) is 0 Å². The van der Waals surface area contributed by atoms with Crippen LogP contribution in [0.15, 0.2) is 25.3 Å². The minimum atomic E-state index is 0. The van der Waals surface area contributed by atoms with E-state index < -0.39 is 0 Å². The third kappa shape index (κ3) is 73.0. The van der Waals surface area contributed by atoms with Crippen LogP contribution in [-0.2, 0) is 40.5 Å². The third-order valence-corrected chi connectivity index (χ3v) is 1.94. The number of hydrogen-bond acceptors (Lipinski definition) is 0. The van der Waals surface area contributed by atoms with Gasteiger partial charge in [-0.25, -0.2) is 0 Å². The van der Waals surface area contributed by atoms with E-state index in [4.69, 9.17) is 0 Å². The summed E-state index contributed by atoms with van der Waals surface area (Å²) in [4.78, 5) is 0. The summed E-state index contributed by atoms with van der Waals surface area (Å²) in [6.45, 7) is 7.00. The van der Waals surface area contributed by atoms with Gasteiger partial charge in [0, 0.05) is 0 Å². The molecule has 0 nitrogen and oxygen atoms in total. The van der Waals surface area contributed by atoms with Crippen molar-refractivity contribution in [3.63, 3.8) is 0 Å². The molecule has 0 atom stereocenters. The predicted octanol–water partition coefficient (Wildman–Crippen LogP) is 1.51. The average molecular weight is 416 g/mol. The Hall–Kier alpha value is 2.13. The van der Waals surface area contributed by atoms with E-state index in [0.29, 0.717) is 0 Å². The van der Waals surface area contributed by atoms with Crippen LogP contribution in [-0.4, -0.2) is 45.0 Å². The molecule has 0 spiro atoms. The number of rotatable bonds is 2. The van der Waals surface area contributed by atoms with Gasteiger partial charge in [-0.1, -0.05) is 0 Å². The van der Waals surface area contributed by atoms with Crippen molar-refractivity contribution in [2.45, 2.75) is 8.87 Å².